The Balaban J connectivity index is 2.64. The predicted molar refractivity (Wildman–Crippen MR) is 73.0 cm³/mol. The van der Waals surface area contributed by atoms with Gasteiger partial charge in [0.25, 0.3) is 5.69 Å². The van der Waals surface area contributed by atoms with Gasteiger partial charge in [-0.2, -0.15) is 0 Å². The van der Waals surface area contributed by atoms with Crippen molar-refractivity contribution in [3.8, 4) is 0 Å². The second-order valence-corrected chi connectivity index (χ2v) is 5.37. The Labute approximate surface area is 115 Å². The molecule has 0 fully saturated rings. The molecule has 0 heterocycles. The molecule has 0 aliphatic rings. The summed E-state index contributed by atoms with van der Waals surface area (Å²) in [6, 6.07) is 6.47. The molecule has 6 nitrogen and oxygen atoms in total. The number of para-hydroxylation sites is 1. The minimum absolute atomic E-state index is 0.0595. The number of esters is 1. The first-order valence-corrected chi connectivity index (χ1v) is 6.60. The SMILES string of the molecule is COC(=O)C(C)(N)CCSc1ccccc1[N+](=O)[O-]. The fraction of sp³-hybridized carbons (Fsp3) is 0.417. The predicted octanol–water partition coefficient (Wildman–Crippen LogP) is 1.97. The topological polar surface area (TPSA) is 95.5 Å². The average molecular weight is 284 g/mol. The minimum Gasteiger partial charge on any atom is -0.468 e. The van der Waals surface area contributed by atoms with Gasteiger partial charge in [0.1, 0.15) is 5.54 Å². The summed E-state index contributed by atoms with van der Waals surface area (Å²) in [5.74, 6) is 0.00288. The molecule has 0 spiro atoms. The van der Waals surface area contributed by atoms with Gasteiger partial charge in [0.15, 0.2) is 0 Å². The lowest BCUT2D eigenvalue weighted by atomic mass is 10.0. The number of rotatable bonds is 6. The van der Waals surface area contributed by atoms with Crippen molar-refractivity contribution < 1.29 is 14.5 Å². The summed E-state index contributed by atoms with van der Waals surface area (Å²) in [7, 11) is 1.28. The van der Waals surface area contributed by atoms with Gasteiger partial charge >= 0.3 is 5.97 Å². The molecule has 1 atom stereocenters. The van der Waals surface area contributed by atoms with Crippen LogP contribution in [0.3, 0.4) is 0 Å². The van der Waals surface area contributed by atoms with Gasteiger partial charge in [-0.25, -0.2) is 0 Å². The molecule has 1 aromatic rings. The van der Waals surface area contributed by atoms with Crippen molar-refractivity contribution in [2.75, 3.05) is 12.9 Å². The summed E-state index contributed by atoms with van der Waals surface area (Å²) in [6.45, 7) is 1.58. The highest BCUT2D eigenvalue weighted by Gasteiger charge is 2.29. The molecule has 0 amide bonds. The highest BCUT2D eigenvalue weighted by atomic mass is 32.2. The summed E-state index contributed by atoms with van der Waals surface area (Å²) in [5, 5.41) is 10.8. The van der Waals surface area contributed by atoms with Crippen LogP contribution in [0, 0.1) is 10.1 Å². The van der Waals surface area contributed by atoms with Crippen molar-refractivity contribution in [1.82, 2.24) is 0 Å². The molecule has 1 rings (SSSR count). The molecule has 104 valence electrons. The Kier molecular flexibility index (Phi) is 5.31. The van der Waals surface area contributed by atoms with Gasteiger partial charge in [-0.15, -0.1) is 11.8 Å². The van der Waals surface area contributed by atoms with Crippen LogP contribution in [0.2, 0.25) is 0 Å². The zero-order chi connectivity index (χ0) is 14.5. The summed E-state index contributed by atoms with van der Waals surface area (Å²) in [6.07, 6.45) is 0.371. The van der Waals surface area contributed by atoms with E-state index in [1.807, 2.05) is 0 Å². The lowest BCUT2D eigenvalue weighted by Gasteiger charge is -2.20. The number of hydrogen-bond donors (Lipinski definition) is 1. The quantitative estimate of drug-likeness (QED) is 0.371. The highest BCUT2D eigenvalue weighted by Crippen LogP contribution is 2.30. The van der Waals surface area contributed by atoms with Gasteiger partial charge in [0, 0.05) is 11.8 Å². The number of carbonyl (C=O) groups is 1. The fourth-order valence-electron chi connectivity index (χ4n) is 1.44. The van der Waals surface area contributed by atoms with E-state index in [2.05, 4.69) is 4.74 Å². The minimum atomic E-state index is -1.08. The number of nitrogens with two attached hydrogens (primary N) is 1. The largest absolute Gasteiger partial charge is 0.468 e. The van der Waals surface area contributed by atoms with Crippen LogP contribution in [0.4, 0.5) is 5.69 Å². The number of nitrogens with zero attached hydrogens (tertiary/aromatic N) is 1. The van der Waals surface area contributed by atoms with Crippen LogP contribution in [-0.2, 0) is 9.53 Å². The summed E-state index contributed by atoms with van der Waals surface area (Å²) < 4.78 is 4.60. The lowest BCUT2D eigenvalue weighted by Crippen LogP contribution is -2.46. The maximum absolute atomic E-state index is 11.4. The second-order valence-electron chi connectivity index (χ2n) is 4.23. The fourth-order valence-corrected chi connectivity index (χ4v) is 2.65. The highest BCUT2D eigenvalue weighted by molar-refractivity contribution is 7.99. The van der Waals surface area contributed by atoms with E-state index in [1.54, 1.807) is 25.1 Å². The molecule has 0 saturated heterocycles. The van der Waals surface area contributed by atoms with E-state index in [0.717, 1.165) is 0 Å². The van der Waals surface area contributed by atoms with E-state index >= 15 is 0 Å². The molecule has 0 aliphatic carbocycles. The first kappa shape index (κ1) is 15.5. The van der Waals surface area contributed by atoms with Crippen LogP contribution >= 0.6 is 11.8 Å². The van der Waals surface area contributed by atoms with Crippen molar-refractivity contribution in [3.05, 3.63) is 34.4 Å². The zero-order valence-corrected chi connectivity index (χ0v) is 11.6. The summed E-state index contributed by atoms with van der Waals surface area (Å²) in [4.78, 5) is 22.4. The molecule has 0 saturated carbocycles. The van der Waals surface area contributed by atoms with E-state index in [4.69, 9.17) is 5.73 Å². The van der Waals surface area contributed by atoms with Crippen LogP contribution in [0.25, 0.3) is 0 Å². The van der Waals surface area contributed by atoms with Crippen LogP contribution in [-0.4, -0.2) is 29.3 Å². The standard InChI is InChI=1S/C12H16N2O4S/c1-12(13,11(15)18-2)7-8-19-10-6-4-3-5-9(10)14(16)17/h3-6H,7-8,13H2,1-2H3. The number of thioether (sulfide) groups is 1. The molecule has 0 bridgehead atoms. The number of nitro benzene ring substituents is 1. The Hall–Kier alpha value is -1.60. The van der Waals surface area contributed by atoms with Crippen molar-refractivity contribution in [1.29, 1.82) is 0 Å². The number of nitro groups is 1. The van der Waals surface area contributed by atoms with Gasteiger partial charge in [-0.3, -0.25) is 14.9 Å². The third kappa shape index (κ3) is 4.22. The van der Waals surface area contributed by atoms with Gasteiger partial charge in [-0.1, -0.05) is 12.1 Å². The first-order chi connectivity index (χ1) is 8.88. The molecule has 0 aliphatic heterocycles. The molecule has 19 heavy (non-hydrogen) atoms. The first-order valence-electron chi connectivity index (χ1n) is 5.62. The molecule has 0 radical (unpaired) electrons. The number of methoxy groups -OCH3 is 1. The second kappa shape index (κ2) is 6.53. The van der Waals surface area contributed by atoms with E-state index in [9.17, 15) is 14.9 Å². The normalized spacial score (nSPS) is 13.6. The third-order valence-electron chi connectivity index (χ3n) is 2.59. The van der Waals surface area contributed by atoms with Crippen molar-refractivity contribution in [2.24, 2.45) is 5.73 Å². The Bertz CT molecular complexity index is 477. The maximum Gasteiger partial charge on any atom is 0.325 e. The molecule has 1 aromatic carbocycles. The Morgan fingerprint density at radius 3 is 2.74 bits per heavy atom. The van der Waals surface area contributed by atoms with Crippen molar-refractivity contribution in [2.45, 2.75) is 23.8 Å². The summed E-state index contributed by atoms with van der Waals surface area (Å²) in [5.41, 5.74) is 4.79. The van der Waals surface area contributed by atoms with Crippen LogP contribution in [0.15, 0.2) is 29.2 Å². The molecular weight excluding hydrogens is 268 g/mol. The number of benzene rings is 1. The smallest absolute Gasteiger partial charge is 0.325 e. The molecular formula is C12H16N2O4S. The average Bonchev–Trinajstić information content (AvgIpc) is 2.37. The van der Waals surface area contributed by atoms with Gasteiger partial charge in [0.2, 0.25) is 0 Å². The van der Waals surface area contributed by atoms with Gasteiger partial charge in [-0.05, 0) is 19.4 Å². The third-order valence-corrected chi connectivity index (χ3v) is 3.66. The molecule has 2 N–H and O–H groups in total. The number of carbonyl (C=O) groups excluding carboxylic acids is 1. The van der Waals surface area contributed by atoms with E-state index in [1.165, 1.54) is 24.9 Å². The van der Waals surface area contributed by atoms with Crippen molar-refractivity contribution in [3.63, 3.8) is 0 Å². The van der Waals surface area contributed by atoms with E-state index in [0.29, 0.717) is 17.1 Å². The lowest BCUT2D eigenvalue weighted by molar-refractivity contribution is -0.387. The van der Waals surface area contributed by atoms with Gasteiger partial charge < -0.3 is 10.5 Å². The summed E-state index contributed by atoms with van der Waals surface area (Å²) >= 11 is 1.30. The zero-order valence-electron chi connectivity index (χ0n) is 10.8. The van der Waals surface area contributed by atoms with Gasteiger partial charge in [0.05, 0.1) is 16.9 Å². The Morgan fingerprint density at radius 2 is 2.16 bits per heavy atom. The molecule has 1 unspecified atom stereocenters. The van der Waals surface area contributed by atoms with E-state index in [-0.39, 0.29) is 5.69 Å². The Morgan fingerprint density at radius 1 is 1.53 bits per heavy atom. The van der Waals surface area contributed by atoms with E-state index < -0.39 is 16.4 Å². The number of ether oxygens (including phenoxy) is 1. The number of hydrogen-bond acceptors (Lipinski definition) is 6. The van der Waals surface area contributed by atoms with Crippen molar-refractivity contribution >= 4 is 23.4 Å². The van der Waals surface area contributed by atoms with Crippen LogP contribution < -0.4 is 5.73 Å². The molecule has 7 heteroatoms. The van der Waals surface area contributed by atoms with Crippen LogP contribution in [0.5, 0.6) is 0 Å². The van der Waals surface area contributed by atoms with Crippen LogP contribution in [0.1, 0.15) is 13.3 Å². The maximum atomic E-state index is 11.4. The molecule has 0 aromatic heterocycles. The monoisotopic (exact) mass is 284 g/mol.